The number of benzene rings is 1. The molecule has 4 heteroatoms. The second-order valence-corrected chi connectivity index (χ2v) is 4.75. The number of thiophene rings is 1. The molecule has 0 spiro atoms. The first-order valence-electron chi connectivity index (χ1n) is 5.52. The maximum absolute atomic E-state index is 12.2. The number of nitrogens with zero attached hydrogens (tertiary/aromatic N) is 1. The fourth-order valence-corrected chi connectivity index (χ4v) is 2.73. The van der Waals surface area contributed by atoms with E-state index in [2.05, 4.69) is 10.3 Å². The Morgan fingerprint density at radius 3 is 2.89 bits per heavy atom. The van der Waals surface area contributed by atoms with E-state index in [4.69, 9.17) is 0 Å². The fraction of sp³-hybridized carbons (Fsp3) is 0. The molecule has 0 radical (unpaired) electrons. The Morgan fingerprint density at radius 2 is 2.06 bits per heavy atom. The van der Waals surface area contributed by atoms with Crippen LogP contribution in [0.15, 0.2) is 54.2 Å². The first-order valence-corrected chi connectivity index (χ1v) is 6.40. The number of rotatable bonds is 2. The van der Waals surface area contributed by atoms with Crippen LogP contribution in [0.5, 0.6) is 0 Å². The van der Waals surface area contributed by atoms with Crippen molar-refractivity contribution in [3.05, 3.63) is 59.7 Å². The van der Waals surface area contributed by atoms with E-state index < -0.39 is 0 Å². The van der Waals surface area contributed by atoms with E-state index in [1.807, 2.05) is 35.7 Å². The highest BCUT2D eigenvalue weighted by Gasteiger charge is 2.11. The molecule has 0 bridgehead atoms. The Balaban J connectivity index is 1.93. The summed E-state index contributed by atoms with van der Waals surface area (Å²) in [6.07, 6.45) is 3.31. The number of pyridine rings is 1. The molecule has 18 heavy (non-hydrogen) atoms. The lowest BCUT2D eigenvalue weighted by atomic mass is 10.1. The summed E-state index contributed by atoms with van der Waals surface area (Å²) in [4.78, 5) is 16.1. The summed E-state index contributed by atoms with van der Waals surface area (Å²) in [7, 11) is 0. The quantitative estimate of drug-likeness (QED) is 0.760. The van der Waals surface area contributed by atoms with Crippen LogP contribution in [0, 0.1) is 0 Å². The lowest BCUT2D eigenvalue weighted by Crippen LogP contribution is -2.11. The molecule has 3 nitrogen and oxygen atoms in total. The van der Waals surface area contributed by atoms with Crippen molar-refractivity contribution in [3.8, 4) is 0 Å². The highest BCUT2D eigenvalue weighted by Crippen LogP contribution is 2.26. The first kappa shape index (κ1) is 10.9. The second kappa shape index (κ2) is 4.58. The maximum atomic E-state index is 12.2. The zero-order valence-electron chi connectivity index (χ0n) is 9.46. The number of hydrogen-bond acceptors (Lipinski definition) is 3. The van der Waals surface area contributed by atoms with Crippen molar-refractivity contribution < 1.29 is 4.79 Å². The van der Waals surface area contributed by atoms with E-state index >= 15 is 0 Å². The number of hydrogen-bond donors (Lipinski definition) is 1. The Labute approximate surface area is 108 Å². The summed E-state index contributed by atoms with van der Waals surface area (Å²) in [6.45, 7) is 0. The Hall–Kier alpha value is -2.20. The molecule has 2 heterocycles. The van der Waals surface area contributed by atoms with E-state index in [1.165, 1.54) is 0 Å². The lowest BCUT2D eigenvalue weighted by molar-refractivity contribution is 0.102. The van der Waals surface area contributed by atoms with E-state index in [9.17, 15) is 4.79 Å². The fourth-order valence-electron chi connectivity index (χ4n) is 1.79. The number of nitrogens with one attached hydrogen (secondary N) is 1. The highest BCUT2D eigenvalue weighted by atomic mass is 32.1. The number of amides is 1. The van der Waals surface area contributed by atoms with E-state index in [-0.39, 0.29) is 5.91 Å². The van der Waals surface area contributed by atoms with Crippen LogP contribution in [0.3, 0.4) is 0 Å². The van der Waals surface area contributed by atoms with Crippen molar-refractivity contribution in [2.75, 3.05) is 5.32 Å². The monoisotopic (exact) mass is 254 g/mol. The number of aromatic nitrogens is 1. The van der Waals surface area contributed by atoms with Gasteiger partial charge in [-0.1, -0.05) is 18.2 Å². The largest absolute Gasteiger partial charge is 0.321 e. The first-order chi connectivity index (χ1) is 8.84. The topological polar surface area (TPSA) is 42.0 Å². The van der Waals surface area contributed by atoms with E-state index in [1.54, 1.807) is 29.8 Å². The molecule has 0 saturated carbocycles. The van der Waals surface area contributed by atoms with Crippen molar-refractivity contribution in [1.29, 1.82) is 0 Å². The molecule has 2 aromatic heterocycles. The minimum atomic E-state index is -0.0968. The Kier molecular flexibility index (Phi) is 2.78. The van der Waals surface area contributed by atoms with Crippen LogP contribution >= 0.6 is 11.3 Å². The standard InChI is InChI=1S/C14H10N2OS/c17-14(16-10-4-3-7-15-8-10)12-9-18-13-6-2-1-5-11(12)13/h1-9H,(H,16,17). The minimum absolute atomic E-state index is 0.0968. The van der Waals surface area contributed by atoms with Crippen LogP contribution < -0.4 is 5.32 Å². The molecule has 0 atom stereocenters. The van der Waals surface area contributed by atoms with Gasteiger partial charge < -0.3 is 5.32 Å². The van der Waals surface area contributed by atoms with E-state index in [0.717, 1.165) is 10.1 Å². The van der Waals surface area contributed by atoms with Gasteiger partial charge in [0, 0.05) is 21.7 Å². The number of carbonyl (C=O) groups is 1. The zero-order chi connectivity index (χ0) is 12.4. The molecule has 1 aromatic carbocycles. The van der Waals surface area contributed by atoms with Gasteiger partial charge >= 0.3 is 0 Å². The summed E-state index contributed by atoms with van der Waals surface area (Å²) < 4.78 is 1.12. The molecule has 1 N–H and O–H groups in total. The van der Waals surface area contributed by atoms with Crippen LogP contribution in [0.25, 0.3) is 10.1 Å². The van der Waals surface area contributed by atoms with Crippen LogP contribution in [0.2, 0.25) is 0 Å². The van der Waals surface area contributed by atoms with E-state index in [0.29, 0.717) is 11.3 Å². The molecule has 88 valence electrons. The van der Waals surface area contributed by atoms with Crippen molar-refractivity contribution in [2.24, 2.45) is 0 Å². The van der Waals surface area contributed by atoms with Gasteiger partial charge in [0.05, 0.1) is 17.4 Å². The molecule has 0 unspecified atom stereocenters. The molecule has 0 fully saturated rings. The molecule has 0 saturated heterocycles. The van der Waals surface area contributed by atoms with Crippen LogP contribution in [-0.2, 0) is 0 Å². The molecule has 0 aliphatic heterocycles. The maximum Gasteiger partial charge on any atom is 0.257 e. The minimum Gasteiger partial charge on any atom is -0.321 e. The average molecular weight is 254 g/mol. The molecular formula is C14H10N2OS. The molecule has 1 amide bonds. The molecular weight excluding hydrogens is 244 g/mol. The lowest BCUT2D eigenvalue weighted by Gasteiger charge is -2.03. The van der Waals surface area contributed by atoms with Gasteiger partial charge in [-0.05, 0) is 18.2 Å². The smallest absolute Gasteiger partial charge is 0.257 e. The van der Waals surface area contributed by atoms with Gasteiger partial charge in [0.15, 0.2) is 0 Å². The normalized spacial score (nSPS) is 10.4. The third kappa shape index (κ3) is 1.98. The van der Waals surface area contributed by atoms with Crippen molar-refractivity contribution >= 4 is 33.0 Å². The number of fused-ring (bicyclic) bond motifs is 1. The average Bonchev–Trinajstić information content (AvgIpc) is 2.84. The van der Waals surface area contributed by atoms with Gasteiger partial charge in [-0.25, -0.2) is 0 Å². The third-order valence-electron chi connectivity index (χ3n) is 2.65. The summed E-state index contributed by atoms with van der Waals surface area (Å²) in [5.41, 5.74) is 1.41. The summed E-state index contributed by atoms with van der Waals surface area (Å²) in [5.74, 6) is -0.0968. The Morgan fingerprint density at radius 1 is 1.17 bits per heavy atom. The van der Waals surface area contributed by atoms with Gasteiger partial charge in [0.25, 0.3) is 5.91 Å². The second-order valence-electron chi connectivity index (χ2n) is 3.84. The SMILES string of the molecule is O=C(Nc1cccnc1)c1csc2ccccc12. The highest BCUT2D eigenvalue weighted by molar-refractivity contribution is 7.17. The molecule has 3 rings (SSSR count). The van der Waals surface area contributed by atoms with Gasteiger partial charge in [-0.2, -0.15) is 0 Å². The van der Waals surface area contributed by atoms with Gasteiger partial charge in [-0.3, -0.25) is 9.78 Å². The third-order valence-corrected chi connectivity index (χ3v) is 3.61. The number of carbonyl (C=O) groups excluding carboxylic acids is 1. The van der Waals surface area contributed by atoms with Crippen molar-refractivity contribution in [3.63, 3.8) is 0 Å². The van der Waals surface area contributed by atoms with Gasteiger partial charge in [0.2, 0.25) is 0 Å². The summed E-state index contributed by atoms with van der Waals surface area (Å²) in [5, 5.41) is 5.72. The van der Waals surface area contributed by atoms with Crippen LogP contribution in [0.4, 0.5) is 5.69 Å². The molecule has 3 aromatic rings. The number of anilines is 1. The Bertz CT molecular complexity index is 691. The van der Waals surface area contributed by atoms with Gasteiger partial charge in [-0.15, -0.1) is 11.3 Å². The summed E-state index contributed by atoms with van der Waals surface area (Å²) >= 11 is 1.58. The molecule has 0 aliphatic rings. The van der Waals surface area contributed by atoms with Crippen molar-refractivity contribution in [2.45, 2.75) is 0 Å². The van der Waals surface area contributed by atoms with Crippen LogP contribution in [0.1, 0.15) is 10.4 Å². The predicted molar refractivity (Wildman–Crippen MR) is 74.0 cm³/mol. The van der Waals surface area contributed by atoms with Crippen molar-refractivity contribution in [1.82, 2.24) is 4.98 Å². The molecule has 0 aliphatic carbocycles. The summed E-state index contributed by atoms with van der Waals surface area (Å²) in [6, 6.07) is 11.5. The van der Waals surface area contributed by atoms with Gasteiger partial charge in [0.1, 0.15) is 0 Å². The zero-order valence-corrected chi connectivity index (χ0v) is 10.3. The predicted octanol–water partition coefficient (Wildman–Crippen LogP) is 3.55. The van der Waals surface area contributed by atoms with Crippen LogP contribution in [-0.4, -0.2) is 10.9 Å².